The molecule has 3 heterocycles. The minimum atomic E-state index is 0.186. The van der Waals surface area contributed by atoms with Crippen LogP contribution in [0, 0.1) is 23.2 Å². The molecule has 2 aromatic rings. The number of hydrogen-bond acceptors (Lipinski definition) is 2. The summed E-state index contributed by atoms with van der Waals surface area (Å²) in [4.78, 5) is 19.3. The highest BCUT2D eigenvalue weighted by molar-refractivity contribution is 5.94. The summed E-state index contributed by atoms with van der Waals surface area (Å²) in [6.45, 7) is 4.33. The third-order valence-corrected chi connectivity index (χ3v) is 6.69. The van der Waals surface area contributed by atoms with Crippen LogP contribution in [0.3, 0.4) is 0 Å². The first-order valence-corrected chi connectivity index (χ1v) is 8.37. The van der Waals surface area contributed by atoms with E-state index in [1.54, 1.807) is 6.20 Å². The molecular weight excluding hydrogens is 274 g/mol. The lowest BCUT2D eigenvalue weighted by Gasteiger charge is -2.34. The second kappa shape index (κ2) is 4.12. The van der Waals surface area contributed by atoms with E-state index in [9.17, 15) is 4.79 Å². The van der Waals surface area contributed by atoms with Gasteiger partial charge in [0.05, 0.1) is 5.56 Å². The van der Waals surface area contributed by atoms with Gasteiger partial charge in [0.15, 0.2) is 0 Å². The standard InChI is InChI=1S/C18H21N3O/c1-18-11-21(10-15(18)12-2-4-14(18)8-12)17(22)13-3-5-16-19-6-7-20(16)9-13/h3,5-7,9,12,14-15H,2,4,8,10-11H2,1H3/t12-,14+,15-,18-/m1/s1. The van der Waals surface area contributed by atoms with Crippen LogP contribution in [0.25, 0.3) is 5.65 Å². The molecule has 1 amide bonds. The molecule has 114 valence electrons. The summed E-state index contributed by atoms with van der Waals surface area (Å²) in [6, 6.07) is 3.84. The molecule has 1 saturated heterocycles. The van der Waals surface area contributed by atoms with Crippen molar-refractivity contribution in [3.05, 3.63) is 36.3 Å². The van der Waals surface area contributed by atoms with Gasteiger partial charge in [0.25, 0.3) is 5.91 Å². The van der Waals surface area contributed by atoms with Crippen LogP contribution in [0.5, 0.6) is 0 Å². The SMILES string of the molecule is C[C@]12CN(C(=O)c3ccc4nccn4c3)C[C@@H]1[C@@H]1CC[C@H]2C1. The van der Waals surface area contributed by atoms with Crippen LogP contribution in [0.2, 0.25) is 0 Å². The Morgan fingerprint density at radius 3 is 3.14 bits per heavy atom. The van der Waals surface area contributed by atoms with Gasteiger partial charge in [-0.15, -0.1) is 0 Å². The summed E-state index contributed by atoms with van der Waals surface area (Å²) in [6.07, 6.45) is 9.74. The van der Waals surface area contributed by atoms with Crippen LogP contribution < -0.4 is 0 Å². The smallest absolute Gasteiger partial charge is 0.255 e. The van der Waals surface area contributed by atoms with Crippen LogP contribution in [0.15, 0.2) is 30.7 Å². The molecule has 2 aliphatic carbocycles. The highest BCUT2D eigenvalue weighted by Gasteiger charge is 2.59. The number of amides is 1. The number of imidazole rings is 1. The van der Waals surface area contributed by atoms with Gasteiger partial charge in [0.1, 0.15) is 5.65 Å². The van der Waals surface area contributed by atoms with Crippen molar-refractivity contribution in [2.24, 2.45) is 23.2 Å². The fraction of sp³-hybridized carbons (Fsp3) is 0.556. The number of rotatable bonds is 1. The topological polar surface area (TPSA) is 37.6 Å². The second-order valence-corrected chi connectivity index (χ2v) is 7.68. The van der Waals surface area contributed by atoms with Crippen LogP contribution in [0.1, 0.15) is 36.5 Å². The number of carbonyl (C=O) groups is 1. The maximum absolute atomic E-state index is 12.9. The van der Waals surface area contributed by atoms with Gasteiger partial charge in [0, 0.05) is 31.7 Å². The number of hydrogen-bond donors (Lipinski definition) is 0. The predicted octanol–water partition coefficient (Wildman–Crippen LogP) is 2.84. The van der Waals surface area contributed by atoms with Crippen molar-refractivity contribution in [2.75, 3.05) is 13.1 Å². The molecule has 0 N–H and O–H groups in total. The van der Waals surface area contributed by atoms with Crippen LogP contribution in [0.4, 0.5) is 0 Å². The number of likely N-dealkylation sites (tertiary alicyclic amines) is 1. The summed E-state index contributed by atoms with van der Waals surface area (Å²) in [5, 5.41) is 0. The molecule has 4 atom stereocenters. The van der Waals surface area contributed by atoms with Crippen molar-refractivity contribution in [3.63, 3.8) is 0 Å². The molecular formula is C18H21N3O. The van der Waals surface area contributed by atoms with Gasteiger partial charge in [-0.2, -0.15) is 0 Å². The lowest BCUT2D eigenvalue weighted by Crippen LogP contribution is -2.34. The Labute approximate surface area is 130 Å². The average Bonchev–Trinajstić information content (AvgIpc) is 3.25. The van der Waals surface area contributed by atoms with E-state index in [1.807, 2.05) is 28.9 Å². The summed E-state index contributed by atoms with van der Waals surface area (Å²) >= 11 is 0. The van der Waals surface area contributed by atoms with E-state index in [0.717, 1.165) is 42.1 Å². The Kier molecular flexibility index (Phi) is 2.37. The minimum Gasteiger partial charge on any atom is -0.338 e. The van der Waals surface area contributed by atoms with E-state index in [4.69, 9.17) is 0 Å². The lowest BCUT2D eigenvalue weighted by atomic mass is 9.70. The minimum absolute atomic E-state index is 0.186. The van der Waals surface area contributed by atoms with Crippen molar-refractivity contribution >= 4 is 11.6 Å². The summed E-state index contributed by atoms with van der Waals surface area (Å²) in [5.41, 5.74) is 2.04. The number of pyridine rings is 1. The molecule has 2 aromatic heterocycles. The molecule has 5 rings (SSSR count). The van der Waals surface area contributed by atoms with E-state index in [0.29, 0.717) is 5.41 Å². The Bertz CT molecular complexity index is 767. The van der Waals surface area contributed by atoms with Gasteiger partial charge in [-0.1, -0.05) is 6.92 Å². The monoisotopic (exact) mass is 295 g/mol. The lowest BCUT2D eigenvalue weighted by molar-refractivity contribution is 0.0759. The molecule has 4 heteroatoms. The number of aromatic nitrogens is 2. The van der Waals surface area contributed by atoms with E-state index >= 15 is 0 Å². The Morgan fingerprint density at radius 2 is 2.27 bits per heavy atom. The van der Waals surface area contributed by atoms with Gasteiger partial charge in [-0.3, -0.25) is 4.79 Å². The zero-order valence-electron chi connectivity index (χ0n) is 12.9. The highest BCUT2D eigenvalue weighted by atomic mass is 16.2. The zero-order chi connectivity index (χ0) is 14.9. The van der Waals surface area contributed by atoms with Gasteiger partial charge >= 0.3 is 0 Å². The van der Waals surface area contributed by atoms with Crippen LogP contribution in [-0.4, -0.2) is 33.3 Å². The second-order valence-electron chi connectivity index (χ2n) is 7.68. The molecule has 3 fully saturated rings. The fourth-order valence-corrected chi connectivity index (χ4v) is 5.52. The molecule has 0 spiro atoms. The van der Waals surface area contributed by atoms with Gasteiger partial charge in [-0.25, -0.2) is 4.98 Å². The van der Waals surface area contributed by atoms with E-state index in [2.05, 4.69) is 16.8 Å². The Morgan fingerprint density at radius 1 is 1.36 bits per heavy atom. The summed E-state index contributed by atoms with van der Waals surface area (Å²) in [5.74, 6) is 2.62. The first-order valence-electron chi connectivity index (χ1n) is 8.37. The van der Waals surface area contributed by atoms with Gasteiger partial charge in [-0.05, 0) is 54.6 Å². The quantitative estimate of drug-likeness (QED) is 0.811. The number of carbonyl (C=O) groups excluding carboxylic acids is 1. The predicted molar refractivity (Wildman–Crippen MR) is 83.5 cm³/mol. The van der Waals surface area contributed by atoms with Crippen molar-refractivity contribution in [1.29, 1.82) is 0 Å². The molecule has 4 nitrogen and oxygen atoms in total. The third-order valence-electron chi connectivity index (χ3n) is 6.69. The largest absolute Gasteiger partial charge is 0.338 e. The first-order chi connectivity index (χ1) is 10.6. The summed E-state index contributed by atoms with van der Waals surface area (Å²) in [7, 11) is 0. The van der Waals surface area contributed by atoms with E-state index in [-0.39, 0.29) is 5.91 Å². The maximum Gasteiger partial charge on any atom is 0.255 e. The number of nitrogens with zero attached hydrogens (tertiary/aromatic N) is 3. The Hall–Kier alpha value is -1.84. The van der Waals surface area contributed by atoms with Crippen LogP contribution >= 0.6 is 0 Å². The van der Waals surface area contributed by atoms with Crippen molar-refractivity contribution in [1.82, 2.24) is 14.3 Å². The molecule has 3 aliphatic rings. The van der Waals surface area contributed by atoms with E-state index < -0.39 is 0 Å². The zero-order valence-corrected chi connectivity index (χ0v) is 12.9. The van der Waals surface area contributed by atoms with Gasteiger partial charge < -0.3 is 9.30 Å². The number of fused-ring (bicyclic) bond motifs is 6. The third kappa shape index (κ3) is 1.53. The highest BCUT2D eigenvalue weighted by Crippen LogP contribution is 2.62. The van der Waals surface area contributed by atoms with E-state index in [1.165, 1.54) is 19.3 Å². The molecule has 22 heavy (non-hydrogen) atoms. The molecule has 0 unspecified atom stereocenters. The normalized spacial score (nSPS) is 36.2. The van der Waals surface area contributed by atoms with Gasteiger partial charge in [0.2, 0.25) is 0 Å². The average molecular weight is 295 g/mol. The van der Waals surface area contributed by atoms with Crippen LogP contribution in [-0.2, 0) is 0 Å². The summed E-state index contributed by atoms with van der Waals surface area (Å²) < 4.78 is 1.93. The maximum atomic E-state index is 12.9. The molecule has 1 aliphatic heterocycles. The van der Waals surface area contributed by atoms with Crippen molar-refractivity contribution < 1.29 is 4.79 Å². The molecule has 2 bridgehead atoms. The first kappa shape index (κ1) is 12.7. The fourth-order valence-electron chi connectivity index (χ4n) is 5.52. The molecule has 2 saturated carbocycles. The molecule has 0 radical (unpaired) electrons. The molecule has 0 aromatic carbocycles. The van der Waals surface area contributed by atoms with Crippen molar-refractivity contribution in [2.45, 2.75) is 26.2 Å². The Balaban J connectivity index is 1.44. The van der Waals surface area contributed by atoms with Crippen molar-refractivity contribution in [3.8, 4) is 0 Å².